The maximum atomic E-state index is 11.6. The van der Waals surface area contributed by atoms with Crippen LogP contribution in [-0.4, -0.2) is 55.8 Å². The van der Waals surface area contributed by atoms with Gasteiger partial charge in [-0.3, -0.25) is 4.79 Å². The Balaban J connectivity index is 2.54. The molecule has 3 N–H and O–H groups in total. The molecule has 0 aliphatic carbocycles. The first kappa shape index (κ1) is 24.7. The molecule has 0 bridgehead atoms. The predicted molar refractivity (Wildman–Crippen MR) is 112 cm³/mol. The number of hydrogen-bond donors (Lipinski definition) is 2. The number of nitrogens with one attached hydrogen (secondary N) is 1. The highest BCUT2D eigenvalue weighted by atomic mass is 28.4. The zero-order valence-electron chi connectivity index (χ0n) is 17.6. The summed E-state index contributed by atoms with van der Waals surface area (Å²) in [6.07, 6.45) is 2.71. The van der Waals surface area contributed by atoms with E-state index in [1.54, 1.807) is 21.3 Å². The largest absolute Gasteiger partial charge is 0.500 e. The number of benzene rings is 1. The first-order valence-corrected chi connectivity index (χ1v) is 11.7. The Morgan fingerprint density at radius 1 is 1.07 bits per heavy atom. The molecular weight excluding hydrogens is 376 g/mol. The third-order valence-corrected chi connectivity index (χ3v) is 7.92. The molecule has 0 saturated carbocycles. The molecule has 0 fully saturated rings. The number of carbonyl (C=O) groups is 1. The van der Waals surface area contributed by atoms with Gasteiger partial charge in [0.15, 0.2) is 0 Å². The first-order chi connectivity index (χ1) is 13.5. The van der Waals surface area contributed by atoms with Crippen molar-refractivity contribution < 1.29 is 22.8 Å². The van der Waals surface area contributed by atoms with Crippen LogP contribution in [0.3, 0.4) is 0 Å². The molecule has 0 spiro atoms. The van der Waals surface area contributed by atoms with Crippen molar-refractivity contribution in [2.45, 2.75) is 44.3 Å². The second-order valence-corrected chi connectivity index (χ2v) is 9.93. The van der Waals surface area contributed by atoms with E-state index in [0.29, 0.717) is 18.9 Å². The molecule has 0 radical (unpaired) electrons. The predicted octanol–water partition coefficient (Wildman–Crippen LogP) is 2.33. The van der Waals surface area contributed by atoms with Gasteiger partial charge in [-0.1, -0.05) is 30.3 Å². The van der Waals surface area contributed by atoms with Crippen LogP contribution in [-0.2, 0) is 29.4 Å². The molecule has 2 atom stereocenters. The number of hydrogen-bond acceptors (Lipinski definition) is 7. The van der Waals surface area contributed by atoms with Crippen LogP contribution < -0.4 is 11.1 Å². The van der Waals surface area contributed by atoms with Gasteiger partial charge in [-0.25, -0.2) is 0 Å². The SMILES string of the molecule is COC(=O)CCC(CNCc1ccccc1)C(N)CCC[Si](OC)(OC)OC. The Kier molecular flexibility index (Phi) is 12.2. The van der Waals surface area contributed by atoms with Crippen molar-refractivity contribution in [3.05, 3.63) is 35.9 Å². The summed E-state index contributed by atoms with van der Waals surface area (Å²) in [5.41, 5.74) is 7.70. The molecule has 1 rings (SSSR count). The summed E-state index contributed by atoms with van der Waals surface area (Å²) >= 11 is 0. The lowest BCUT2D eigenvalue weighted by Crippen LogP contribution is -2.43. The van der Waals surface area contributed by atoms with E-state index in [0.717, 1.165) is 25.9 Å². The van der Waals surface area contributed by atoms with Crippen molar-refractivity contribution in [3.63, 3.8) is 0 Å². The lowest BCUT2D eigenvalue weighted by molar-refractivity contribution is -0.141. The number of carbonyl (C=O) groups excluding carboxylic acids is 1. The van der Waals surface area contributed by atoms with Crippen LogP contribution in [0.15, 0.2) is 30.3 Å². The van der Waals surface area contributed by atoms with Gasteiger partial charge in [0.2, 0.25) is 0 Å². The maximum absolute atomic E-state index is 11.6. The molecule has 0 heterocycles. The van der Waals surface area contributed by atoms with Gasteiger partial charge in [0.25, 0.3) is 0 Å². The highest BCUT2D eigenvalue weighted by molar-refractivity contribution is 6.60. The van der Waals surface area contributed by atoms with Crippen LogP contribution in [0.4, 0.5) is 0 Å². The molecule has 2 unspecified atom stereocenters. The molecule has 0 aromatic heterocycles. The third-order valence-electron chi connectivity index (χ3n) is 5.08. The number of methoxy groups -OCH3 is 1. The van der Waals surface area contributed by atoms with Gasteiger partial charge in [0, 0.05) is 46.4 Å². The average molecular weight is 413 g/mol. The van der Waals surface area contributed by atoms with Gasteiger partial charge in [-0.2, -0.15) is 0 Å². The topological polar surface area (TPSA) is 92.0 Å². The van der Waals surface area contributed by atoms with E-state index in [1.807, 2.05) is 18.2 Å². The molecule has 28 heavy (non-hydrogen) atoms. The van der Waals surface area contributed by atoms with Crippen LogP contribution in [0.25, 0.3) is 0 Å². The minimum absolute atomic E-state index is 0.0369. The molecule has 8 heteroatoms. The Morgan fingerprint density at radius 2 is 1.71 bits per heavy atom. The van der Waals surface area contributed by atoms with Gasteiger partial charge >= 0.3 is 14.8 Å². The normalized spacial score (nSPS) is 13.9. The van der Waals surface area contributed by atoms with Crippen molar-refractivity contribution in [1.29, 1.82) is 0 Å². The van der Waals surface area contributed by atoms with E-state index < -0.39 is 8.80 Å². The first-order valence-electron chi connectivity index (χ1n) is 9.72. The summed E-state index contributed by atoms with van der Waals surface area (Å²) in [4.78, 5) is 11.6. The monoisotopic (exact) mass is 412 g/mol. The Hall–Kier alpha value is -1.29. The summed E-state index contributed by atoms with van der Waals surface area (Å²) in [6.45, 7) is 1.52. The number of rotatable bonds is 15. The minimum Gasteiger partial charge on any atom is -0.469 e. The Bertz CT molecular complexity index is 534. The van der Waals surface area contributed by atoms with Crippen molar-refractivity contribution in [2.24, 2.45) is 11.7 Å². The van der Waals surface area contributed by atoms with Crippen LogP contribution in [0.1, 0.15) is 31.2 Å². The quantitative estimate of drug-likeness (QED) is 0.337. The van der Waals surface area contributed by atoms with E-state index in [4.69, 9.17) is 23.7 Å². The molecule has 1 aromatic rings. The van der Waals surface area contributed by atoms with Crippen molar-refractivity contribution >= 4 is 14.8 Å². The van der Waals surface area contributed by atoms with Crippen LogP contribution in [0.2, 0.25) is 6.04 Å². The molecular formula is C20H36N2O5Si. The summed E-state index contributed by atoms with van der Waals surface area (Å²) in [5, 5.41) is 3.47. The fraction of sp³-hybridized carbons (Fsp3) is 0.650. The molecule has 7 nitrogen and oxygen atoms in total. The lowest BCUT2D eigenvalue weighted by Gasteiger charge is -2.27. The highest BCUT2D eigenvalue weighted by Crippen LogP contribution is 2.20. The van der Waals surface area contributed by atoms with Crippen molar-refractivity contribution in [3.8, 4) is 0 Å². The van der Waals surface area contributed by atoms with Crippen LogP contribution in [0.5, 0.6) is 0 Å². The fourth-order valence-electron chi connectivity index (χ4n) is 3.22. The van der Waals surface area contributed by atoms with E-state index in [2.05, 4.69) is 17.4 Å². The molecule has 0 amide bonds. The Morgan fingerprint density at radius 3 is 2.29 bits per heavy atom. The molecule has 1 aromatic carbocycles. The summed E-state index contributed by atoms with van der Waals surface area (Å²) in [5.74, 6) is -0.0312. The number of ether oxygens (including phenoxy) is 1. The minimum atomic E-state index is -2.58. The van der Waals surface area contributed by atoms with Crippen LogP contribution in [0, 0.1) is 5.92 Å². The van der Waals surface area contributed by atoms with Gasteiger partial charge in [0.05, 0.1) is 7.11 Å². The Labute approximate surface area is 170 Å². The zero-order chi connectivity index (χ0) is 20.8. The van der Waals surface area contributed by atoms with Crippen molar-refractivity contribution in [2.75, 3.05) is 35.0 Å². The lowest BCUT2D eigenvalue weighted by atomic mass is 9.92. The second-order valence-electron chi connectivity index (χ2n) is 6.84. The van der Waals surface area contributed by atoms with E-state index in [-0.39, 0.29) is 17.9 Å². The maximum Gasteiger partial charge on any atom is 0.500 e. The third kappa shape index (κ3) is 8.81. The van der Waals surface area contributed by atoms with Crippen molar-refractivity contribution in [1.82, 2.24) is 5.32 Å². The fourth-order valence-corrected chi connectivity index (χ4v) is 4.97. The van der Waals surface area contributed by atoms with Crippen LogP contribution >= 0.6 is 0 Å². The molecule has 160 valence electrons. The summed E-state index contributed by atoms with van der Waals surface area (Å²) in [6, 6.07) is 10.9. The number of esters is 1. The van der Waals surface area contributed by atoms with Gasteiger partial charge < -0.3 is 29.1 Å². The van der Waals surface area contributed by atoms with E-state index in [1.165, 1.54) is 12.7 Å². The zero-order valence-corrected chi connectivity index (χ0v) is 18.6. The highest BCUT2D eigenvalue weighted by Gasteiger charge is 2.37. The summed E-state index contributed by atoms with van der Waals surface area (Å²) < 4.78 is 21.2. The second kappa shape index (κ2) is 13.8. The molecule has 0 saturated heterocycles. The van der Waals surface area contributed by atoms with Gasteiger partial charge in [0.1, 0.15) is 0 Å². The van der Waals surface area contributed by atoms with E-state index >= 15 is 0 Å². The molecule has 0 aliphatic heterocycles. The average Bonchev–Trinajstić information content (AvgIpc) is 2.74. The number of nitrogens with two attached hydrogens (primary N) is 1. The summed E-state index contributed by atoms with van der Waals surface area (Å²) in [7, 11) is 3.69. The van der Waals surface area contributed by atoms with Gasteiger partial charge in [-0.05, 0) is 37.3 Å². The van der Waals surface area contributed by atoms with Gasteiger partial charge in [-0.15, -0.1) is 0 Å². The standard InChI is InChI=1S/C20H36N2O5Si/c1-24-20(23)13-12-18(16-22-15-17-9-6-5-7-10-17)19(21)11-8-14-28(25-2,26-3)27-4/h5-7,9-10,18-19,22H,8,11-16,21H2,1-4H3. The smallest absolute Gasteiger partial charge is 0.469 e. The van der Waals surface area contributed by atoms with E-state index in [9.17, 15) is 4.79 Å². The molecule has 0 aliphatic rings.